The Labute approximate surface area is 77.0 Å². The summed E-state index contributed by atoms with van der Waals surface area (Å²) in [5, 5.41) is 16.5. The van der Waals surface area contributed by atoms with Gasteiger partial charge in [0, 0.05) is 14.1 Å². The van der Waals surface area contributed by atoms with Crippen LogP contribution in [0.25, 0.3) is 0 Å². The molecular formula is C9H13NO3. The fraction of sp³-hybridized carbons (Fsp3) is 0.222. The van der Waals surface area contributed by atoms with Gasteiger partial charge in [-0.25, -0.2) is 4.79 Å². The quantitative estimate of drug-likeness (QED) is 0.642. The highest BCUT2D eigenvalue weighted by atomic mass is 16.4. The summed E-state index contributed by atoms with van der Waals surface area (Å²) >= 11 is 0. The highest BCUT2D eigenvalue weighted by Gasteiger charge is 1.91. The van der Waals surface area contributed by atoms with Crippen LogP contribution in [0.2, 0.25) is 0 Å². The zero-order chi connectivity index (χ0) is 10.3. The third-order valence-corrected chi connectivity index (χ3v) is 1.14. The van der Waals surface area contributed by atoms with E-state index in [1.807, 2.05) is 6.07 Å². The molecule has 1 rings (SSSR count). The molecule has 0 saturated carbocycles. The molecule has 13 heavy (non-hydrogen) atoms. The van der Waals surface area contributed by atoms with Gasteiger partial charge in [0.1, 0.15) is 5.75 Å². The van der Waals surface area contributed by atoms with Gasteiger partial charge < -0.3 is 15.1 Å². The highest BCUT2D eigenvalue weighted by molar-refractivity contribution is 5.63. The van der Waals surface area contributed by atoms with Crippen molar-refractivity contribution in [1.29, 1.82) is 0 Å². The molecule has 2 N–H and O–H groups in total. The molecule has 0 bridgehead atoms. The van der Waals surface area contributed by atoms with Gasteiger partial charge in [-0.15, -0.1) is 0 Å². The van der Waals surface area contributed by atoms with Gasteiger partial charge in [0.25, 0.3) is 0 Å². The van der Waals surface area contributed by atoms with Gasteiger partial charge in [0.2, 0.25) is 0 Å². The third kappa shape index (κ3) is 6.68. The Morgan fingerprint density at radius 3 is 1.77 bits per heavy atom. The molecule has 0 saturated heterocycles. The van der Waals surface area contributed by atoms with Crippen LogP contribution >= 0.6 is 0 Å². The standard InChI is InChI=1S/C6H6O.C3H7NO2/c7-6-4-2-1-3-5-6;1-4(2)3(5)6/h1-5,7H;1-2H3,(H,5,6). The largest absolute Gasteiger partial charge is 0.508 e. The number of hydrogen-bond donors (Lipinski definition) is 2. The van der Waals surface area contributed by atoms with E-state index in [-0.39, 0.29) is 0 Å². The molecule has 0 fully saturated rings. The minimum atomic E-state index is -0.907. The molecule has 0 unspecified atom stereocenters. The number of aromatic hydroxyl groups is 1. The number of phenols is 1. The molecule has 4 nitrogen and oxygen atoms in total. The average molecular weight is 183 g/mol. The van der Waals surface area contributed by atoms with Crippen molar-refractivity contribution in [2.75, 3.05) is 14.1 Å². The van der Waals surface area contributed by atoms with Gasteiger partial charge in [0.15, 0.2) is 0 Å². The van der Waals surface area contributed by atoms with Crippen molar-refractivity contribution in [2.24, 2.45) is 0 Å². The molecule has 4 heteroatoms. The van der Waals surface area contributed by atoms with Crippen molar-refractivity contribution < 1.29 is 15.0 Å². The molecule has 0 aromatic heterocycles. The molecule has 0 aliphatic rings. The van der Waals surface area contributed by atoms with Crippen molar-refractivity contribution in [1.82, 2.24) is 4.90 Å². The smallest absolute Gasteiger partial charge is 0.406 e. The average Bonchev–Trinajstić information content (AvgIpc) is 2.06. The van der Waals surface area contributed by atoms with E-state index < -0.39 is 6.09 Å². The van der Waals surface area contributed by atoms with Crippen LogP contribution in [0, 0.1) is 0 Å². The summed E-state index contributed by atoms with van der Waals surface area (Å²) in [6, 6.07) is 8.71. The molecule has 0 spiro atoms. The molecule has 72 valence electrons. The van der Waals surface area contributed by atoms with Gasteiger partial charge in [-0.05, 0) is 12.1 Å². The monoisotopic (exact) mass is 183 g/mol. The topological polar surface area (TPSA) is 60.8 Å². The van der Waals surface area contributed by atoms with Crippen LogP contribution in [0.4, 0.5) is 4.79 Å². The normalized spacial score (nSPS) is 8.15. The first kappa shape index (κ1) is 11.3. The lowest BCUT2D eigenvalue weighted by Gasteiger charge is -1.99. The van der Waals surface area contributed by atoms with E-state index in [1.165, 1.54) is 14.1 Å². The number of carboxylic acid groups (broad SMARTS) is 1. The molecule has 0 atom stereocenters. The van der Waals surface area contributed by atoms with Crippen molar-refractivity contribution in [3.8, 4) is 5.75 Å². The number of amides is 1. The van der Waals surface area contributed by atoms with Crippen LogP contribution in [0.3, 0.4) is 0 Å². The van der Waals surface area contributed by atoms with Crippen LogP contribution in [0.5, 0.6) is 5.75 Å². The Kier molecular flexibility index (Phi) is 5.11. The Morgan fingerprint density at radius 1 is 1.23 bits per heavy atom. The van der Waals surface area contributed by atoms with Gasteiger partial charge in [-0.3, -0.25) is 0 Å². The van der Waals surface area contributed by atoms with E-state index >= 15 is 0 Å². The van der Waals surface area contributed by atoms with Gasteiger partial charge in [0.05, 0.1) is 0 Å². The minimum Gasteiger partial charge on any atom is -0.508 e. The van der Waals surface area contributed by atoms with Crippen molar-refractivity contribution in [2.45, 2.75) is 0 Å². The summed E-state index contributed by atoms with van der Waals surface area (Å²) in [5.41, 5.74) is 0. The van der Waals surface area contributed by atoms with Crippen LogP contribution < -0.4 is 0 Å². The van der Waals surface area contributed by atoms with E-state index in [0.717, 1.165) is 4.90 Å². The Bertz CT molecular complexity index is 246. The number of benzene rings is 1. The first-order valence-corrected chi connectivity index (χ1v) is 3.68. The predicted molar refractivity (Wildman–Crippen MR) is 49.8 cm³/mol. The van der Waals surface area contributed by atoms with Crippen molar-refractivity contribution >= 4 is 6.09 Å². The van der Waals surface area contributed by atoms with Crippen LogP contribution in [0.15, 0.2) is 30.3 Å². The first-order valence-electron chi connectivity index (χ1n) is 3.68. The van der Waals surface area contributed by atoms with Crippen molar-refractivity contribution in [3.05, 3.63) is 30.3 Å². The number of carbonyl (C=O) groups is 1. The summed E-state index contributed by atoms with van der Waals surface area (Å²) in [5.74, 6) is 0.322. The number of phenolic OH excluding ortho intramolecular Hbond substituents is 1. The maximum Gasteiger partial charge on any atom is 0.406 e. The lowest BCUT2D eigenvalue weighted by Crippen LogP contribution is -2.18. The molecule has 1 aromatic carbocycles. The van der Waals surface area contributed by atoms with E-state index in [4.69, 9.17) is 10.2 Å². The van der Waals surface area contributed by atoms with E-state index in [1.54, 1.807) is 24.3 Å². The van der Waals surface area contributed by atoms with Gasteiger partial charge >= 0.3 is 6.09 Å². The second-order valence-corrected chi connectivity index (χ2v) is 2.51. The summed E-state index contributed by atoms with van der Waals surface area (Å²) in [7, 11) is 2.95. The Hall–Kier alpha value is -1.71. The molecule has 1 aromatic rings. The third-order valence-electron chi connectivity index (χ3n) is 1.14. The first-order chi connectivity index (χ1) is 6.04. The lowest BCUT2D eigenvalue weighted by molar-refractivity contribution is 0.165. The summed E-state index contributed by atoms with van der Waals surface area (Å²) in [4.78, 5) is 10.7. The second kappa shape index (κ2) is 5.88. The van der Waals surface area contributed by atoms with Crippen LogP contribution in [-0.4, -0.2) is 35.3 Å². The Morgan fingerprint density at radius 2 is 1.62 bits per heavy atom. The highest BCUT2D eigenvalue weighted by Crippen LogP contribution is 2.02. The van der Waals surface area contributed by atoms with Crippen LogP contribution in [-0.2, 0) is 0 Å². The number of nitrogens with zero attached hydrogens (tertiary/aromatic N) is 1. The van der Waals surface area contributed by atoms with E-state index in [9.17, 15) is 4.79 Å². The van der Waals surface area contributed by atoms with Gasteiger partial charge in [-0.1, -0.05) is 18.2 Å². The molecule has 1 amide bonds. The second-order valence-electron chi connectivity index (χ2n) is 2.51. The van der Waals surface area contributed by atoms with Crippen molar-refractivity contribution in [3.63, 3.8) is 0 Å². The zero-order valence-electron chi connectivity index (χ0n) is 7.64. The lowest BCUT2D eigenvalue weighted by atomic mass is 10.3. The zero-order valence-corrected chi connectivity index (χ0v) is 7.64. The summed E-state index contributed by atoms with van der Waals surface area (Å²) in [6.07, 6.45) is -0.907. The molecule has 0 aliphatic carbocycles. The molecular weight excluding hydrogens is 170 g/mol. The molecule has 0 aliphatic heterocycles. The van der Waals surface area contributed by atoms with E-state index in [2.05, 4.69) is 0 Å². The maximum absolute atomic E-state index is 9.62. The van der Waals surface area contributed by atoms with E-state index in [0.29, 0.717) is 5.75 Å². The van der Waals surface area contributed by atoms with Crippen LogP contribution in [0.1, 0.15) is 0 Å². The SMILES string of the molecule is CN(C)C(=O)O.Oc1ccccc1. The van der Waals surface area contributed by atoms with Gasteiger partial charge in [-0.2, -0.15) is 0 Å². The summed E-state index contributed by atoms with van der Waals surface area (Å²) < 4.78 is 0. The minimum absolute atomic E-state index is 0.322. The predicted octanol–water partition coefficient (Wildman–Crippen LogP) is 1.62. The number of para-hydroxylation sites is 1. The summed E-state index contributed by atoms with van der Waals surface area (Å²) in [6.45, 7) is 0. The fourth-order valence-corrected chi connectivity index (χ4v) is 0.428. The molecule has 0 heterocycles. The Balaban J connectivity index is 0.000000226. The molecule has 0 radical (unpaired) electrons. The fourth-order valence-electron chi connectivity index (χ4n) is 0.428. The number of hydrogen-bond acceptors (Lipinski definition) is 2. The number of rotatable bonds is 0. The maximum atomic E-state index is 9.62.